The number of carbonyl (C=O) groups excluding carboxylic acids is 1. The molecule has 3 aromatic heterocycles. The highest BCUT2D eigenvalue weighted by atomic mass is 16.2. The molecule has 1 fully saturated rings. The van der Waals surface area contributed by atoms with Crippen LogP contribution >= 0.6 is 0 Å². The smallest absolute Gasteiger partial charge is 0.329 e. The molecular weight excluding hydrogens is 368 g/mol. The molecule has 29 heavy (non-hydrogen) atoms. The van der Waals surface area contributed by atoms with Crippen molar-refractivity contribution in [3.8, 4) is 17.3 Å². The number of pyridine rings is 2. The molecule has 0 unspecified atom stereocenters. The van der Waals surface area contributed by atoms with Gasteiger partial charge in [0.15, 0.2) is 11.6 Å². The first kappa shape index (κ1) is 17.1. The molecule has 3 aromatic rings. The molecule has 9 nitrogen and oxygen atoms in total. The number of rotatable bonds is 2. The van der Waals surface area contributed by atoms with Gasteiger partial charge >= 0.3 is 6.03 Å². The van der Waals surface area contributed by atoms with Crippen LogP contribution in [0.25, 0.3) is 11.3 Å². The van der Waals surface area contributed by atoms with E-state index in [0.717, 1.165) is 30.8 Å². The molecule has 2 bridgehead atoms. The normalized spacial score (nSPS) is 16.9. The number of nitrogens with zero attached hydrogens (tertiary/aromatic N) is 7. The van der Waals surface area contributed by atoms with Gasteiger partial charge in [0.05, 0.1) is 23.6 Å². The highest BCUT2D eigenvalue weighted by Gasteiger charge is 2.40. The van der Waals surface area contributed by atoms with E-state index in [2.05, 4.69) is 25.2 Å². The lowest BCUT2D eigenvalue weighted by Crippen LogP contribution is -2.48. The molecule has 0 spiro atoms. The van der Waals surface area contributed by atoms with Crippen LogP contribution in [-0.4, -0.2) is 45.1 Å². The summed E-state index contributed by atoms with van der Waals surface area (Å²) >= 11 is 0. The summed E-state index contributed by atoms with van der Waals surface area (Å²) in [4.78, 5) is 34.1. The van der Waals surface area contributed by atoms with Crippen molar-refractivity contribution in [3.05, 3.63) is 54.7 Å². The van der Waals surface area contributed by atoms with Crippen molar-refractivity contribution in [2.24, 2.45) is 0 Å². The SMILES string of the molecule is N#Cc1ccc(-c2ccc3c(n2)N(C(=O)Nc2cnccn2)[C@H]2CCN3C2)cn1. The molecule has 0 aliphatic carbocycles. The molecule has 2 aliphatic rings. The van der Waals surface area contributed by atoms with Gasteiger partial charge in [-0.3, -0.25) is 15.2 Å². The maximum absolute atomic E-state index is 13.1. The zero-order chi connectivity index (χ0) is 19.8. The minimum atomic E-state index is -0.277. The van der Waals surface area contributed by atoms with Gasteiger partial charge in [0.1, 0.15) is 11.8 Å². The molecule has 142 valence electrons. The summed E-state index contributed by atoms with van der Waals surface area (Å²) in [5, 5.41) is 11.8. The average Bonchev–Trinajstić information content (AvgIpc) is 3.18. The van der Waals surface area contributed by atoms with Crippen molar-refractivity contribution < 1.29 is 4.79 Å². The average molecular weight is 384 g/mol. The van der Waals surface area contributed by atoms with Crippen LogP contribution in [0.3, 0.4) is 0 Å². The van der Waals surface area contributed by atoms with Gasteiger partial charge in [0.25, 0.3) is 0 Å². The fourth-order valence-electron chi connectivity index (χ4n) is 3.78. The Hall–Kier alpha value is -4.06. The summed E-state index contributed by atoms with van der Waals surface area (Å²) in [5.74, 6) is 1.01. The summed E-state index contributed by atoms with van der Waals surface area (Å²) in [6.45, 7) is 1.66. The van der Waals surface area contributed by atoms with Crippen LogP contribution in [0.1, 0.15) is 12.1 Å². The Labute approximate surface area is 166 Å². The van der Waals surface area contributed by atoms with Crippen molar-refractivity contribution in [1.82, 2.24) is 19.9 Å². The second-order valence-electron chi connectivity index (χ2n) is 6.86. The highest BCUT2D eigenvalue weighted by molar-refractivity contribution is 6.04. The number of nitrogens with one attached hydrogen (secondary N) is 1. The fraction of sp³-hybridized carbons (Fsp3) is 0.200. The number of amides is 2. The van der Waals surface area contributed by atoms with Crippen molar-refractivity contribution in [2.45, 2.75) is 12.5 Å². The Bertz CT molecular complexity index is 1110. The molecule has 0 radical (unpaired) electrons. The number of hydrogen-bond donors (Lipinski definition) is 1. The van der Waals surface area contributed by atoms with Crippen molar-refractivity contribution in [3.63, 3.8) is 0 Å². The topological polar surface area (TPSA) is 111 Å². The number of anilines is 3. The Morgan fingerprint density at radius 3 is 2.86 bits per heavy atom. The lowest BCUT2D eigenvalue weighted by Gasteiger charge is -2.35. The molecule has 0 aromatic carbocycles. The van der Waals surface area contributed by atoms with Crippen LogP contribution in [0.5, 0.6) is 0 Å². The van der Waals surface area contributed by atoms with Crippen LogP contribution in [0.15, 0.2) is 49.1 Å². The molecule has 5 rings (SSSR count). The summed E-state index contributed by atoms with van der Waals surface area (Å²) in [6, 6.07) is 9.14. The number of hydrogen-bond acceptors (Lipinski definition) is 7. The first-order chi connectivity index (χ1) is 14.2. The van der Waals surface area contributed by atoms with Crippen LogP contribution in [0, 0.1) is 11.3 Å². The van der Waals surface area contributed by atoms with E-state index in [9.17, 15) is 4.79 Å². The van der Waals surface area contributed by atoms with Crippen LogP contribution in [-0.2, 0) is 0 Å². The fourth-order valence-corrected chi connectivity index (χ4v) is 3.78. The van der Waals surface area contributed by atoms with Gasteiger partial charge in [-0.05, 0) is 30.7 Å². The van der Waals surface area contributed by atoms with E-state index in [1.54, 1.807) is 23.4 Å². The molecule has 1 saturated heterocycles. The third-order valence-electron chi connectivity index (χ3n) is 5.14. The van der Waals surface area contributed by atoms with E-state index in [4.69, 9.17) is 10.2 Å². The summed E-state index contributed by atoms with van der Waals surface area (Å²) < 4.78 is 0. The molecule has 2 aliphatic heterocycles. The van der Waals surface area contributed by atoms with Gasteiger partial charge in [0.2, 0.25) is 0 Å². The molecule has 0 saturated carbocycles. The Kier molecular flexibility index (Phi) is 4.02. The molecule has 5 heterocycles. The lowest BCUT2D eigenvalue weighted by atomic mass is 10.1. The van der Waals surface area contributed by atoms with E-state index < -0.39 is 0 Å². The van der Waals surface area contributed by atoms with Gasteiger partial charge in [-0.15, -0.1) is 0 Å². The Morgan fingerprint density at radius 2 is 2.10 bits per heavy atom. The molecule has 1 atom stereocenters. The zero-order valence-corrected chi connectivity index (χ0v) is 15.4. The summed E-state index contributed by atoms with van der Waals surface area (Å²) in [6.07, 6.45) is 7.09. The maximum Gasteiger partial charge on any atom is 0.329 e. The number of carbonyl (C=O) groups is 1. The molecule has 2 amide bonds. The first-order valence-corrected chi connectivity index (χ1v) is 9.21. The lowest BCUT2D eigenvalue weighted by molar-refractivity contribution is 0.254. The van der Waals surface area contributed by atoms with E-state index in [0.29, 0.717) is 23.0 Å². The largest absolute Gasteiger partial charge is 0.366 e. The number of urea groups is 1. The third kappa shape index (κ3) is 3.00. The minimum Gasteiger partial charge on any atom is -0.366 e. The van der Waals surface area contributed by atoms with Crippen molar-refractivity contribution >= 4 is 23.4 Å². The second-order valence-corrected chi connectivity index (χ2v) is 6.86. The van der Waals surface area contributed by atoms with E-state index in [-0.39, 0.29) is 12.1 Å². The predicted octanol–water partition coefficient (Wildman–Crippen LogP) is 2.44. The number of aromatic nitrogens is 4. The predicted molar refractivity (Wildman–Crippen MR) is 106 cm³/mol. The maximum atomic E-state index is 13.1. The van der Waals surface area contributed by atoms with E-state index in [1.165, 1.54) is 12.4 Å². The quantitative estimate of drug-likeness (QED) is 0.722. The number of fused-ring (bicyclic) bond motifs is 4. The van der Waals surface area contributed by atoms with Gasteiger partial charge in [0, 0.05) is 37.2 Å². The van der Waals surface area contributed by atoms with Gasteiger partial charge in [-0.2, -0.15) is 5.26 Å². The summed E-state index contributed by atoms with van der Waals surface area (Å²) in [7, 11) is 0. The monoisotopic (exact) mass is 384 g/mol. The standard InChI is InChI=1S/C20H16N8O/c21-9-14-2-1-13(10-24-14)16-3-4-17-19(25-16)28(15-5-8-27(17)12-15)20(29)26-18-11-22-6-7-23-18/h1-4,6-7,10-11,15H,5,8,12H2,(H,23,26,29)/t15-/m0/s1. The van der Waals surface area contributed by atoms with E-state index in [1.807, 2.05) is 24.3 Å². The molecule has 1 N–H and O–H groups in total. The van der Waals surface area contributed by atoms with Crippen molar-refractivity contribution in [2.75, 3.05) is 28.2 Å². The summed E-state index contributed by atoms with van der Waals surface area (Å²) in [5.41, 5.74) is 2.76. The van der Waals surface area contributed by atoms with Crippen LogP contribution in [0.2, 0.25) is 0 Å². The van der Waals surface area contributed by atoms with Crippen LogP contribution in [0.4, 0.5) is 22.1 Å². The van der Waals surface area contributed by atoms with Gasteiger partial charge in [-0.1, -0.05) is 0 Å². The second kappa shape index (κ2) is 6.83. The highest BCUT2D eigenvalue weighted by Crippen LogP contribution is 2.40. The first-order valence-electron chi connectivity index (χ1n) is 9.21. The number of nitriles is 1. The Balaban J connectivity index is 1.52. The van der Waals surface area contributed by atoms with Gasteiger partial charge < -0.3 is 4.90 Å². The van der Waals surface area contributed by atoms with E-state index >= 15 is 0 Å². The third-order valence-corrected chi connectivity index (χ3v) is 5.14. The molecular formula is C20H16N8O. The Morgan fingerprint density at radius 1 is 1.17 bits per heavy atom. The minimum absolute atomic E-state index is 0.0426. The zero-order valence-electron chi connectivity index (χ0n) is 15.4. The van der Waals surface area contributed by atoms with Crippen molar-refractivity contribution in [1.29, 1.82) is 5.26 Å². The van der Waals surface area contributed by atoms with Gasteiger partial charge in [-0.25, -0.2) is 19.7 Å². The molecule has 9 heteroatoms. The van der Waals surface area contributed by atoms with Crippen LogP contribution < -0.4 is 15.1 Å².